The molecule has 0 spiro atoms. The van der Waals surface area contributed by atoms with Crippen LogP contribution in [0.3, 0.4) is 0 Å². The van der Waals surface area contributed by atoms with Gasteiger partial charge in [0.2, 0.25) is 0 Å². The summed E-state index contributed by atoms with van der Waals surface area (Å²) in [5.41, 5.74) is 4.01. The first-order valence-corrected chi connectivity index (χ1v) is 6.58. The van der Waals surface area contributed by atoms with Crippen molar-refractivity contribution in [1.29, 1.82) is 0 Å². The highest BCUT2D eigenvalue weighted by Crippen LogP contribution is 2.32. The Labute approximate surface area is 118 Å². The van der Waals surface area contributed by atoms with E-state index in [0.717, 1.165) is 6.07 Å². The van der Waals surface area contributed by atoms with E-state index in [9.17, 15) is 22.0 Å². The predicted molar refractivity (Wildman–Crippen MR) is 66.8 cm³/mol. The number of aromatic nitrogens is 1. The lowest BCUT2D eigenvalue weighted by Gasteiger charge is -2.32. The first-order chi connectivity index (χ1) is 9.68. The zero-order chi connectivity index (χ0) is 15.7. The molecule has 1 saturated heterocycles. The number of rotatable bonds is 3. The summed E-state index contributed by atoms with van der Waals surface area (Å²) < 4.78 is 65.2. The van der Waals surface area contributed by atoms with E-state index in [1.807, 2.05) is 0 Å². The summed E-state index contributed by atoms with van der Waals surface area (Å²) in [5.74, 6) is -3.24. The molecule has 0 amide bonds. The van der Waals surface area contributed by atoms with Crippen molar-refractivity contribution in [2.75, 3.05) is 19.6 Å². The monoisotopic (exact) mass is 309 g/mol. The van der Waals surface area contributed by atoms with E-state index < -0.39 is 29.9 Å². The molecule has 1 aromatic rings. The van der Waals surface area contributed by atoms with Gasteiger partial charge >= 0.3 is 6.18 Å². The average molecular weight is 309 g/mol. The second kappa shape index (κ2) is 5.84. The lowest BCUT2D eigenvalue weighted by Crippen LogP contribution is -2.44. The van der Waals surface area contributed by atoms with Crippen molar-refractivity contribution in [2.45, 2.75) is 31.0 Å². The molecule has 0 aliphatic carbocycles. The summed E-state index contributed by atoms with van der Waals surface area (Å²) in [6.45, 7) is 0.391. The van der Waals surface area contributed by atoms with Gasteiger partial charge in [0.1, 0.15) is 5.69 Å². The molecule has 1 fully saturated rings. The van der Waals surface area contributed by atoms with Gasteiger partial charge in [-0.25, -0.2) is 0 Å². The van der Waals surface area contributed by atoms with Gasteiger partial charge in [-0.3, -0.25) is 9.88 Å². The fourth-order valence-electron chi connectivity index (χ4n) is 2.26. The van der Waals surface area contributed by atoms with Crippen LogP contribution in [0.5, 0.6) is 0 Å². The van der Waals surface area contributed by atoms with Gasteiger partial charge in [0.25, 0.3) is 5.92 Å². The standard InChI is InChI=1S/C13H16F5N3/c14-12(15,8-21-5-3-10(19)4-6-21)9-1-2-11(20-7-9)13(16,17)18/h1-2,7,10H,3-6,8,19H2. The van der Waals surface area contributed by atoms with E-state index in [2.05, 4.69) is 4.98 Å². The van der Waals surface area contributed by atoms with Crippen molar-refractivity contribution in [3.63, 3.8) is 0 Å². The number of hydrogen-bond donors (Lipinski definition) is 1. The van der Waals surface area contributed by atoms with Gasteiger partial charge < -0.3 is 5.73 Å². The average Bonchev–Trinajstić information content (AvgIpc) is 2.40. The third kappa shape index (κ3) is 4.10. The molecule has 0 aromatic carbocycles. The van der Waals surface area contributed by atoms with Gasteiger partial charge in [-0.05, 0) is 38.1 Å². The van der Waals surface area contributed by atoms with Crippen molar-refractivity contribution < 1.29 is 22.0 Å². The summed E-state index contributed by atoms with van der Waals surface area (Å²) in [5, 5.41) is 0. The summed E-state index contributed by atoms with van der Waals surface area (Å²) in [6.07, 6.45) is -2.75. The van der Waals surface area contributed by atoms with Crippen molar-refractivity contribution >= 4 is 0 Å². The fourth-order valence-corrected chi connectivity index (χ4v) is 2.26. The summed E-state index contributed by atoms with van der Waals surface area (Å²) >= 11 is 0. The number of pyridine rings is 1. The van der Waals surface area contributed by atoms with E-state index in [4.69, 9.17) is 5.73 Å². The highest BCUT2D eigenvalue weighted by Gasteiger charge is 2.37. The minimum absolute atomic E-state index is 0.0302. The molecule has 1 aliphatic heterocycles. The molecule has 0 unspecified atom stereocenters. The van der Waals surface area contributed by atoms with E-state index >= 15 is 0 Å². The van der Waals surface area contributed by atoms with Crippen molar-refractivity contribution in [3.05, 3.63) is 29.6 Å². The topological polar surface area (TPSA) is 42.1 Å². The van der Waals surface area contributed by atoms with Crippen LogP contribution in [-0.2, 0) is 12.1 Å². The second-order valence-electron chi connectivity index (χ2n) is 5.25. The van der Waals surface area contributed by atoms with Crippen LogP contribution in [0.25, 0.3) is 0 Å². The first-order valence-electron chi connectivity index (χ1n) is 6.58. The number of nitrogens with two attached hydrogens (primary N) is 1. The number of alkyl halides is 5. The molecule has 0 saturated carbocycles. The predicted octanol–water partition coefficient (Wildman–Crippen LogP) is 2.62. The number of piperidine rings is 1. The van der Waals surface area contributed by atoms with Gasteiger partial charge in [0.15, 0.2) is 0 Å². The smallest absolute Gasteiger partial charge is 0.328 e. The molecule has 2 rings (SSSR count). The largest absolute Gasteiger partial charge is 0.433 e. The van der Waals surface area contributed by atoms with Gasteiger partial charge in [-0.2, -0.15) is 22.0 Å². The maximum atomic E-state index is 14.1. The molecular formula is C13H16F5N3. The third-order valence-electron chi connectivity index (χ3n) is 3.53. The molecule has 0 bridgehead atoms. The zero-order valence-electron chi connectivity index (χ0n) is 11.2. The van der Waals surface area contributed by atoms with Crippen LogP contribution in [0.2, 0.25) is 0 Å². The lowest BCUT2D eigenvalue weighted by molar-refractivity contribution is -0.141. The van der Waals surface area contributed by atoms with Gasteiger partial charge in [-0.15, -0.1) is 0 Å². The highest BCUT2D eigenvalue weighted by molar-refractivity contribution is 5.20. The minimum atomic E-state index is -4.63. The number of nitrogens with zero attached hydrogens (tertiary/aromatic N) is 2. The zero-order valence-corrected chi connectivity index (χ0v) is 11.2. The van der Waals surface area contributed by atoms with Crippen LogP contribution in [0.1, 0.15) is 24.1 Å². The van der Waals surface area contributed by atoms with Crippen molar-refractivity contribution in [2.24, 2.45) is 5.73 Å². The minimum Gasteiger partial charge on any atom is -0.328 e. The number of likely N-dealkylation sites (tertiary alicyclic amines) is 1. The molecule has 1 aromatic heterocycles. The molecule has 2 heterocycles. The Morgan fingerprint density at radius 2 is 1.76 bits per heavy atom. The molecule has 8 heteroatoms. The Bertz CT molecular complexity index is 464. The SMILES string of the molecule is NC1CCN(CC(F)(F)c2ccc(C(F)(F)F)nc2)CC1. The molecular weight excluding hydrogens is 293 g/mol. The Morgan fingerprint density at radius 1 is 1.14 bits per heavy atom. The molecule has 2 N–H and O–H groups in total. The molecule has 0 radical (unpaired) electrons. The van der Waals surface area contributed by atoms with E-state index in [1.165, 1.54) is 0 Å². The van der Waals surface area contributed by atoms with Crippen LogP contribution in [0.15, 0.2) is 18.3 Å². The number of halogens is 5. The van der Waals surface area contributed by atoms with E-state index in [1.54, 1.807) is 4.90 Å². The third-order valence-corrected chi connectivity index (χ3v) is 3.53. The second-order valence-corrected chi connectivity index (χ2v) is 5.25. The summed E-state index contributed by atoms with van der Waals surface area (Å²) in [6, 6.07) is 1.39. The van der Waals surface area contributed by atoms with E-state index in [-0.39, 0.29) is 6.04 Å². The van der Waals surface area contributed by atoms with Crippen LogP contribution in [0, 0.1) is 0 Å². The first kappa shape index (κ1) is 16.1. The Kier molecular flexibility index (Phi) is 4.48. The lowest BCUT2D eigenvalue weighted by atomic mass is 10.0. The van der Waals surface area contributed by atoms with E-state index in [0.29, 0.717) is 38.2 Å². The van der Waals surface area contributed by atoms with Gasteiger partial charge in [0.05, 0.1) is 6.54 Å². The maximum absolute atomic E-state index is 14.1. The van der Waals surface area contributed by atoms with Crippen LogP contribution in [-0.4, -0.2) is 35.6 Å². The molecule has 3 nitrogen and oxygen atoms in total. The Morgan fingerprint density at radius 3 is 2.24 bits per heavy atom. The molecule has 0 atom stereocenters. The molecule has 21 heavy (non-hydrogen) atoms. The van der Waals surface area contributed by atoms with Crippen LogP contribution >= 0.6 is 0 Å². The van der Waals surface area contributed by atoms with Crippen molar-refractivity contribution in [1.82, 2.24) is 9.88 Å². The highest BCUT2D eigenvalue weighted by atomic mass is 19.4. The molecule has 1 aliphatic rings. The normalized spacial score (nSPS) is 19.0. The maximum Gasteiger partial charge on any atom is 0.433 e. The van der Waals surface area contributed by atoms with Crippen LogP contribution < -0.4 is 5.73 Å². The Hall–Kier alpha value is -1.28. The Balaban J connectivity index is 2.05. The summed E-state index contributed by atoms with van der Waals surface area (Å²) in [4.78, 5) is 4.65. The molecule has 118 valence electrons. The van der Waals surface area contributed by atoms with Crippen LogP contribution in [0.4, 0.5) is 22.0 Å². The number of hydrogen-bond acceptors (Lipinski definition) is 3. The fraction of sp³-hybridized carbons (Fsp3) is 0.615. The van der Waals surface area contributed by atoms with Crippen molar-refractivity contribution in [3.8, 4) is 0 Å². The quantitative estimate of drug-likeness (QED) is 0.873. The summed E-state index contributed by atoms with van der Waals surface area (Å²) in [7, 11) is 0. The van der Waals surface area contributed by atoms with Gasteiger partial charge in [0, 0.05) is 17.8 Å². The van der Waals surface area contributed by atoms with Gasteiger partial charge in [-0.1, -0.05) is 0 Å².